The number of ether oxygens (including phenoxy) is 1. The molecule has 2 heterocycles. The number of para-hydroxylation sites is 1. The number of nitrogens with zero attached hydrogens (tertiary/aromatic N) is 2. The molecule has 4 rings (SSSR count). The number of aryl methyl sites for hydroxylation is 1. The lowest BCUT2D eigenvalue weighted by atomic mass is 9.76. The lowest BCUT2D eigenvalue weighted by Crippen LogP contribution is -2.52. The number of rotatable bonds is 5. The molecule has 0 radical (unpaired) electrons. The van der Waals surface area contributed by atoms with Crippen LogP contribution >= 0.6 is 0 Å². The van der Waals surface area contributed by atoms with Crippen LogP contribution < -0.4 is 10.1 Å². The summed E-state index contributed by atoms with van der Waals surface area (Å²) in [6.45, 7) is 8.80. The zero-order valence-electron chi connectivity index (χ0n) is 20.0. The van der Waals surface area contributed by atoms with Crippen LogP contribution in [0.3, 0.4) is 0 Å². The molecule has 176 valence electrons. The summed E-state index contributed by atoms with van der Waals surface area (Å²) in [5.41, 5.74) is 2.73. The van der Waals surface area contributed by atoms with Crippen LogP contribution in [-0.2, 0) is 4.79 Å². The lowest BCUT2D eigenvalue weighted by molar-refractivity contribution is -0.131. The monoisotopic (exact) mass is 449 g/mol. The number of anilines is 1. The minimum Gasteiger partial charge on any atom is -0.487 e. The van der Waals surface area contributed by atoms with Crippen molar-refractivity contribution in [3.8, 4) is 5.75 Å². The molecule has 3 amide bonds. The van der Waals surface area contributed by atoms with Gasteiger partial charge >= 0.3 is 6.03 Å². The van der Waals surface area contributed by atoms with Crippen LogP contribution in [-0.4, -0.2) is 53.5 Å². The Morgan fingerprint density at radius 3 is 2.52 bits per heavy atom. The van der Waals surface area contributed by atoms with Crippen LogP contribution in [0.15, 0.2) is 48.5 Å². The number of hydrogen-bond acceptors (Lipinski definition) is 3. The van der Waals surface area contributed by atoms with E-state index in [1.807, 2.05) is 73.0 Å². The highest BCUT2D eigenvalue weighted by atomic mass is 16.5. The molecule has 0 aliphatic carbocycles. The zero-order valence-corrected chi connectivity index (χ0v) is 20.0. The molecule has 1 fully saturated rings. The van der Waals surface area contributed by atoms with Crippen molar-refractivity contribution in [3.05, 3.63) is 59.7 Å². The quantitative estimate of drug-likeness (QED) is 0.684. The Morgan fingerprint density at radius 2 is 1.82 bits per heavy atom. The van der Waals surface area contributed by atoms with E-state index in [4.69, 9.17) is 4.74 Å². The SMILES string of the molecule is CCN(CC)C(=O)C[C@@H]1CC2(CCN(C(=O)Nc3cccc(C)c3)CC2)Oc2ccccc21. The highest BCUT2D eigenvalue weighted by molar-refractivity contribution is 5.89. The Bertz CT molecular complexity index is 994. The molecule has 33 heavy (non-hydrogen) atoms. The molecule has 1 N–H and O–H groups in total. The molecule has 2 aliphatic heterocycles. The van der Waals surface area contributed by atoms with E-state index in [2.05, 4.69) is 11.4 Å². The topological polar surface area (TPSA) is 61.9 Å². The van der Waals surface area contributed by atoms with Crippen LogP contribution in [0.5, 0.6) is 5.75 Å². The minimum atomic E-state index is -0.331. The first-order valence-electron chi connectivity index (χ1n) is 12.1. The molecule has 0 saturated carbocycles. The maximum absolute atomic E-state index is 12.9. The molecule has 0 aromatic heterocycles. The van der Waals surface area contributed by atoms with Crippen molar-refractivity contribution >= 4 is 17.6 Å². The predicted molar refractivity (Wildman–Crippen MR) is 131 cm³/mol. The molecule has 0 bridgehead atoms. The van der Waals surface area contributed by atoms with Crippen LogP contribution in [0.25, 0.3) is 0 Å². The number of nitrogens with one attached hydrogen (secondary N) is 1. The summed E-state index contributed by atoms with van der Waals surface area (Å²) >= 11 is 0. The number of hydrogen-bond donors (Lipinski definition) is 1. The number of amides is 3. The molecule has 0 unspecified atom stereocenters. The van der Waals surface area contributed by atoms with Crippen molar-refractivity contribution in [1.82, 2.24) is 9.80 Å². The predicted octanol–water partition coefficient (Wildman–Crippen LogP) is 5.19. The van der Waals surface area contributed by atoms with Gasteiger partial charge in [0, 0.05) is 57.0 Å². The molecule has 1 spiro atoms. The van der Waals surface area contributed by atoms with Gasteiger partial charge in [-0.2, -0.15) is 0 Å². The Labute approximate surface area is 196 Å². The first-order valence-corrected chi connectivity index (χ1v) is 12.1. The van der Waals surface area contributed by atoms with Gasteiger partial charge in [0.15, 0.2) is 0 Å². The van der Waals surface area contributed by atoms with Gasteiger partial charge in [-0.25, -0.2) is 4.79 Å². The van der Waals surface area contributed by atoms with E-state index in [0.717, 1.165) is 54.9 Å². The van der Waals surface area contributed by atoms with E-state index in [9.17, 15) is 9.59 Å². The van der Waals surface area contributed by atoms with E-state index in [1.54, 1.807) is 0 Å². The Hall–Kier alpha value is -3.02. The highest BCUT2D eigenvalue weighted by Crippen LogP contribution is 2.46. The number of fused-ring (bicyclic) bond motifs is 1. The fourth-order valence-electron chi connectivity index (χ4n) is 5.19. The summed E-state index contributed by atoms with van der Waals surface area (Å²) in [4.78, 5) is 29.5. The molecular weight excluding hydrogens is 414 g/mol. The highest BCUT2D eigenvalue weighted by Gasteiger charge is 2.44. The molecule has 6 heteroatoms. The number of likely N-dealkylation sites (tertiary alicyclic amines) is 1. The van der Waals surface area contributed by atoms with Crippen molar-refractivity contribution in [2.24, 2.45) is 0 Å². The lowest BCUT2D eigenvalue weighted by Gasteiger charge is -2.47. The summed E-state index contributed by atoms with van der Waals surface area (Å²) in [5, 5.41) is 3.02. The zero-order chi connectivity index (χ0) is 23.4. The van der Waals surface area contributed by atoms with Crippen molar-refractivity contribution in [1.29, 1.82) is 0 Å². The van der Waals surface area contributed by atoms with Crippen molar-refractivity contribution in [2.45, 2.75) is 58.0 Å². The average molecular weight is 450 g/mol. The van der Waals surface area contributed by atoms with Crippen LogP contribution in [0.1, 0.15) is 56.6 Å². The van der Waals surface area contributed by atoms with Gasteiger partial charge in [0.2, 0.25) is 5.91 Å². The van der Waals surface area contributed by atoms with Gasteiger partial charge in [-0.15, -0.1) is 0 Å². The van der Waals surface area contributed by atoms with E-state index < -0.39 is 0 Å². The summed E-state index contributed by atoms with van der Waals surface area (Å²) in [6.07, 6.45) is 2.84. The fourth-order valence-corrected chi connectivity index (χ4v) is 5.19. The van der Waals surface area contributed by atoms with E-state index in [1.165, 1.54) is 0 Å². The first-order chi connectivity index (χ1) is 15.9. The third-order valence-corrected chi connectivity index (χ3v) is 7.07. The molecule has 2 aromatic rings. The molecule has 2 aliphatic rings. The Kier molecular flexibility index (Phi) is 6.91. The van der Waals surface area contributed by atoms with Gasteiger partial charge < -0.3 is 19.9 Å². The molecule has 1 saturated heterocycles. The second-order valence-corrected chi connectivity index (χ2v) is 9.28. The molecule has 1 atom stereocenters. The smallest absolute Gasteiger partial charge is 0.321 e. The third-order valence-electron chi connectivity index (χ3n) is 7.07. The standard InChI is InChI=1S/C27H35N3O3/c1-4-29(5-2)25(31)18-21-19-27(33-24-12-7-6-11-23(21)24)13-15-30(16-14-27)26(32)28-22-10-8-9-20(3)17-22/h6-12,17,21H,4-5,13-16,18-19H2,1-3H3,(H,28,32)/t21-/m1/s1. The van der Waals surface area contributed by atoms with Crippen LogP contribution in [0, 0.1) is 6.92 Å². The second-order valence-electron chi connectivity index (χ2n) is 9.28. The van der Waals surface area contributed by atoms with Gasteiger partial charge in [-0.1, -0.05) is 30.3 Å². The van der Waals surface area contributed by atoms with Gasteiger partial charge in [0.05, 0.1) is 0 Å². The number of carbonyl (C=O) groups excluding carboxylic acids is 2. The third kappa shape index (κ3) is 5.15. The van der Waals surface area contributed by atoms with E-state index in [-0.39, 0.29) is 23.5 Å². The molecule has 6 nitrogen and oxygen atoms in total. The average Bonchev–Trinajstić information content (AvgIpc) is 2.80. The summed E-state index contributed by atoms with van der Waals surface area (Å²) in [5.74, 6) is 1.22. The number of benzene rings is 2. The van der Waals surface area contributed by atoms with Crippen LogP contribution in [0.2, 0.25) is 0 Å². The fraction of sp³-hybridized carbons (Fsp3) is 0.481. The van der Waals surface area contributed by atoms with Gasteiger partial charge in [-0.3, -0.25) is 4.79 Å². The first kappa shape index (κ1) is 23.1. The van der Waals surface area contributed by atoms with Crippen molar-refractivity contribution in [2.75, 3.05) is 31.5 Å². The molecule has 2 aromatic carbocycles. The van der Waals surface area contributed by atoms with Gasteiger partial charge in [0.1, 0.15) is 11.4 Å². The second kappa shape index (κ2) is 9.86. The number of piperidine rings is 1. The number of carbonyl (C=O) groups is 2. The summed E-state index contributed by atoms with van der Waals surface area (Å²) < 4.78 is 6.56. The summed E-state index contributed by atoms with van der Waals surface area (Å²) in [6, 6.07) is 15.9. The van der Waals surface area contributed by atoms with Crippen molar-refractivity contribution < 1.29 is 14.3 Å². The van der Waals surface area contributed by atoms with Crippen molar-refractivity contribution in [3.63, 3.8) is 0 Å². The Morgan fingerprint density at radius 1 is 1.09 bits per heavy atom. The summed E-state index contributed by atoms with van der Waals surface area (Å²) in [7, 11) is 0. The maximum Gasteiger partial charge on any atom is 0.321 e. The van der Waals surface area contributed by atoms with E-state index >= 15 is 0 Å². The van der Waals surface area contributed by atoms with Gasteiger partial charge in [-0.05, 0) is 56.5 Å². The number of urea groups is 1. The molecular formula is C27H35N3O3. The van der Waals surface area contributed by atoms with Crippen LogP contribution in [0.4, 0.5) is 10.5 Å². The van der Waals surface area contributed by atoms with Gasteiger partial charge in [0.25, 0.3) is 0 Å². The Balaban J connectivity index is 1.44. The maximum atomic E-state index is 12.9. The largest absolute Gasteiger partial charge is 0.487 e. The van der Waals surface area contributed by atoms with E-state index in [0.29, 0.717) is 19.5 Å². The normalized spacial score (nSPS) is 18.9. The minimum absolute atomic E-state index is 0.0695.